The van der Waals surface area contributed by atoms with Gasteiger partial charge >= 0.3 is 0 Å². The van der Waals surface area contributed by atoms with Gasteiger partial charge in [-0.3, -0.25) is 4.79 Å². The predicted octanol–water partition coefficient (Wildman–Crippen LogP) is 2.43. The molecular formula is C14H15FN2O. The Kier molecular flexibility index (Phi) is 3.77. The molecule has 0 aliphatic rings. The van der Waals surface area contributed by atoms with E-state index in [2.05, 4.69) is 10.3 Å². The highest BCUT2D eigenvalue weighted by molar-refractivity contribution is 5.95. The molecule has 4 heteroatoms. The van der Waals surface area contributed by atoms with Gasteiger partial charge in [-0.2, -0.15) is 0 Å². The van der Waals surface area contributed by atoms with Crippen molar-refractivity contribution in [2.24, 2.45) is 0 Å². The number of aromatic amines is 1. The summed E-state index contributed by atoms with van der Waals surface area (Å²) in [5, 5.41) is 2.78. The fourth-order valence-corrected chi connectivity index (χ4v) is 1.81. The second kappa shape index (κ2) is 5.49. The first kappa shape index (κ1) is 12.4. The number of aryl methyl sites for hydroxylation is 1. The van der Waals surface area contributed by atoms with Gasteiger partial charge in [0.2, 0.25) is 0 Å². The molecule has 2 aromatic rings. The van der Waals surface area contributed by atoms with Crippen LogP contribution in [-0.2, 0) is 6.42 Å². The van der Waals surface area contributed by atoms with Crippen LogP contribution in [0.5, 0.6) is 0 Å². The molecule has 18 heavy (non-hydrogen) atoms. The highest BCUT2D eigenvalue weighted by Crippen LogP contribution is 2.07. The average Bonchev–Trinajstić information content (AvgIpc) is 2.78. The third-order valence-corrected chi connectivity index (χ3v) is 2.84. The summed E-state index contributed by atoms with van der Waals surface area (Å²) in [7, 11) is 0. The number of amides is 1. The molecule has 0 saturated heterocycles. The molecule has 0 aliphatic heterocycles. The number of rotatable bonds is 4. The van der Waals surface area contributed by atoms with Gasteiger partial charge in [-0.15, -0.1) is 0 Å². The number of hydrogen-bond donors (Lipinski definition) is 2. The first-order valence-electron chi connectivity index (χ1n) is 5.84. The van der Waals surface area contributed by atoms with Crippen LogP contribution in [0.4, 0.5) is 4.39 Å². The number of halogens is 1. The van der Waals surface area contributed by atoms with Gasteiger partial charge in [0.05, 0.1) is 5.56 Å². The number of benzene rings is 1. The van der Waals surface area contributed by atoms with Crippen molar-refractivity contribution in [1.82, 2.24) is 10.3 Å². The molecule has 1 aromatic heterocycles. The summed E-state index contributed by atoms with van der Waals surface area (Å²) in [5.74, 6) is -0.366. The molecule has 1 amide bonds. The van der Waals surface area contributed by atoms with Gasteiger partial charge in [-0.25, -0.2) is 4.39 Å². The Morgan fingerprint density at radius 2 is 2.11 bits per heavy atom. The van der Waals surface area contributed by atoms with Crippen LogP contribution in [0.2, 0.25) is 0 Å². The van der Waals surface area contributed by atoms with Crippen molar-refractivity contribution >= 4 is 5.91 Å². The van der Waals surface area contributed by atoms with Crippen LogP contribution < -0.4 is 5.32 Å². The second-order valence-corrected chi connectivity index (χ2v) is 4.11. The topological polar surface area (TPSA) is 44.9 Å². The molecule has 2 N–H and O–H groups in total. The minimum absolute atomic E-state index is 0.134. The molecule has 1 aromatic carbocycles. The number of H-pyrrole nitrogens is 1. The van der Waals surface area contributed by atoms with Crippen molar-refractivity contribution < 1.29 is 9.18 Å². The number of hydrogen-bond acceptors (Lipinski definition) is 1. The fourth-order valence-electron chi connectivity index (χ4n) is 1.81. The van der Waals surface area contributed by atoms with Crippen LogP contribution in [0.25, 0.3) is 0 Å². The highest BCUT2D eigenvalue weighted by Gasteiger charge is 2.09. The summed E-state index contributed by atoms with van der Waals surface area (Å²) in [6.07, 6.45) is 2.21. The van der Waals surface area contributed by atoms with Crippen molar-refractivity contribution in [3.05, 3.63) is 59.2 Å². The van der Waals surface area contributed by atoms with Crippen LogP contribution in [0.1, 0.15) is 21.6 Å². The fraction of sp³-hybridized carbons (Fsp3) is 0.214. The molecule has 3 nitrogen and oxygen atoms in total. The van der Waals surface area contributed by atoms with Crippen molar-refractivity contribution in [2.45, 2.75) is 13.3 Å². The lowest BCUT2D eigenvalue weighted by Gasteiger charge is -2.05. The third kappa shape index (κ3) is 2.77. The Morgan fingerprint density at radius 1 is 1.33 bits per heavy atom. The minimum Gasteiger partial charge on any atom is -0.365 e. The Hall–Kier alpha value is -2.10. The lowest BCUT2D eigenvalue weighted by atomic mass is 10.1. The van der Waals surface area contributed by atoms with E-state index >= 15 is 0 Å². The number of aromatic nitrogens is 1. The van der Waals surface area contributed by atoms with E-state index in [1.807, 2.05) is 6.92 Å². The van der Waals surface area contributed by atoms with Crippen LogP contribution in [0.15, 0.2) is 36.5 Å². The monoisotopic (exact) mass is 246 g/mol. The summed E-state index contributed by atoms with van der Waals surface area (Å²) in [4.78, 5) is 14.7. The van der Waals surface area contributed by atoms with Gasteiger partial charge in [0, 0.05) is 18.4 Å². The van der Waals surface area contributed by atoms with Gasteiger partial charge in [0.15, 0.2) is 0 Å². The number of carbonyl (C=O) groups is 1. The molecule has 1 heterocycles. The predicted molar refractivity (Wildman–Crippen MR) is 68.0 cm³/mol. The van der Waals surface area contributed by atoms with Crippen molar-refractivity contribution in [3.63, 3.8) is 0 Å². The van der Waals surface area contributed by atoms with E-state index in [0.29, 0.717) is 24.1 Å². The summed E-state index contributed by atoms with van der Waals surface area (Å²) in [5.41, 5.74) is 2.07. The van der Waals surface area contributed by atoms with Gasteiger partial charge < -0.3 is 10.3 Å². The summed E-state index contributed by atoms with van der Waals surface area (Å²) in [6, 6.07) is 8.32. The molecule has 0 fully saturated rings. The first-order chi connectivity index (χ1) is 8.68. The molecule has 0 radical (unpaired) electrons. The maximum absolute atomic E-state index is 13.3. The van der Waals surface area contributed by atoms with Crippen LogP contribution >= 0.6 is 0 Å². The summed E-state index contributed by atoms with van der Waals surface area (Å²) < 4.78 is 13.3. The van der Waals surface area contributed by atoms with E-state index in [1.165, 1.54) is 6.07 Å². The molecule has 0 aliphatic carbocycles. The molecule has 0 bridgehead atoms. The average molecular weight is 246 g/mol. The Labute approximate surface area is 105 Å². The standard InChI is InChI=1S/C14H15FN2O/c1-10-12(7-9-16-10)14(18)17-8-6-11-4-2-3-5-13(11)15/h2-5,7,9,16H,6,8H2,1H3,(H,17,18). The van der Waals surface area contributed by atoms with E-state index in [9.17, 15) is 9.18 Å². The minimum atomic E-state index is -0.232. The Balaban J connectivity index is 1.88. The van der Waals surface area contributed by atoms with Crippen LogP contribution in [0, 0.1) is 12.7 Å². The number of carbonyl (C=O) groups excluding carboxylic acids is 1. The van der Waals surface area contributed by atoms with Crippen LogP contribution in [-0.4, -0.2) is 17.4 Å². The highest BCUT2D eigenvalue weighted by atomic mass is 19.1. The maximum Gasteiger partial charge on any atom is 0.253 e. The van der Waals surface area contributed by atoms with Gasteiger partial charge in [-0.05, 0) is 31.0 Å². The Bertz CT molecular complexity index is 548. The van der Waals surface area contributed by atoms with E-state index in [0.717, 1.165) is 5.69 Å². The van der Waals surface area contributed by atoms with Crippen molar-refractivity contribution in [2.75, 3.05) is 6.54 Å². The van der Waals surface area contributed by atoms with E-state index in [4.69, 9.17) is 0 Å². The maximum atomic E-state index is 13.3. The molecule has 2 rings (SSSR count). The van der Waals surface area contributed by atoms with E-state index in [1.54, 1.807) is 30.5 Å². The normalized spacial score (nSPS) is 10.3. The quantitative estimate of drug-likeness (QED) is 0.855. The lowest BCUT2D eigenvalue weighted by molar-refractivity contribution is 0.0953. The summed E-state index contributed by atoms with van der Waals surface area (Å²) >= 11 is 0. The molecule has 0 saturated carbocycles. The largest absolute Gasteiger partial charge is 0.365 e. The van der Waals surface area contributed by atoms with Gasteiger partial charge in [-0.1, -0.05) is 18.2 Å². The molecule has 0 atom stereocenters. The molecule has 94 valence electrons. The SMILES string of the molecule is Cc1[nH]ccc1C(=O)NCCc1ccccc1F. The zero-order chi connectivity index (χ0) is 13.0. The van der Waals surface area contributed by atoms with Crippen molar-refractivity contribution in [1.29, 1.82) is 0 Å². The number of nitrogens with one attached hydrogen (secondary N) is 2. The first-order valence-corrected chi connectivity index (χ1v) is 5.84. The molecular weight excluding hydrogens is 231 g/mol. The van der Waals surface area contributed by atoms with Crippen molar-refractivity contribution in [3.8, 4) is 0 Å². The third-order valence-electron chi connectivity index (χ3n) is 2.84. The van der Waals surface area contributed by atoms with E-state index < -0.39 is 0 Å². The van der Waals surface area contributed by atoms with E-state index in [-0.39, 0.29) is 11.7 Å². The zero-order valence-corrected chi connectivity index (χ0v) is 10.2. The zero-order valence-electron chi connectivity index (χ0n) is 10.2. The molecule has 0 unspecified atom stereocenters. The molecule has 0 spiro atoms. The lowest BCUT2D eigenvalue weighted by Crippen LogP contribution is -2.26. The Morgan fingerprint density at radius 3 is 2.78 bits per heavy atom. The van der Waals surface area contributed by atoms with Gasteiger partial charge in [0.1, 0.15) is 5.82 Å². The smallest absolute Gasteiger partial charge is 0.253 e. The second-order valence-electron chi connectivity index (χ2n) is 4.11. The van der Waals surface area contributed by atoms with Crippen LogP contribution in [0.3, 0.4) is 0 Å². The van der Waals surface area contributed by atoms with Gasteiger partial charge in [0.25, 0.3) is 5.91 Å². The summed E-state index contributed by atoms with van der Waals surface area (Å²) in [6.45, 7) is 2.26.